The molecule has 2 heterocycles. The van der Waals surface area contributed by atoms with Crippen LogP contribution in [0.25, 0.3) is 21.0 Å². The molecule has 1 unspecified atom stereocenters. The molecule has 0 fully saturated rings. The lowest BCUT2D eigenvalue weighted by Gasteiger charge is -2.07. The zero-order chi connectivity index (χ0) is 12.7. The molecule has 0 bridgehead atoms. The van der Waals surface area contributed by atoms with Gasteiger partial charge in [-0.25, -0.2) is 0 Å². The first kappa shape index (κ1) is 11.5. The zero-order valence-electron chi connectivity index (χ0n) is 10.4. The van der Waals surface area contributed by atoms with E-state index in [1.807, 2.05) is 17.8 Å². The van der Waals surface area contributed by atoms with Gasteiger partial charge < -0.3 is 10.5 Å². The fourth-order valence-electron chi connectivity index (χ4n) is 2.18. The minimum absolute atomic E-state index is 0.0869. The fraction of sp³-hybridized carbons (Fsp3) is 0.308. The predicted octanol–water partition coefficient (Wildman–Crippen LogP) is 2.61. The molecule has 2 N–H and O–H groups in total. The lowest BCUT2D eigenvalue weighted by molar-refractivity contribution is 0.427. The quantitative estimate of drug-likeness (QED) is 0.788. The molecule has 0 radical (unpaired) electrons. The van der Waals surface area contributed by atoms with Crippen molar-refractivity contribution in [3.63, 3.8) is 0 Å². The van der Waals surface area contributed by atoms with Crippen molar-refractivity contribution in [2.45, 2.75) is 19.5 Å². The molecule has 4 nitrogen and oxygen atoms in total. The van der Waals surface area contributed by atoms with Gasteiger partial charge in [0, 0.05) is 27.6 Å². The SMILES string of the molecule is COc1cc2c(ccc3cnn(CC(C)N)c32)s1. The molecule has 0 saturated carbocycles. The summed E-state index contributed by atoms with van der Waals surface area (Å²) in [5.74, 6) is 0. The van der Waals surface area contributed by atoms with E-state index in [2.05, 4.69) is 23.3 Å². The molecular weight excluding hydrogens is 246 g/mol. The molecule has 1 atom stereocenters. The summed E-state index contributed by atoms with van der Waals surface area (Å²) < 4.78 is 8.50. The predicted molar refractivity (Wildman–Crippen MR) is 75.3 cm³/mol. The highest BCUT2D eigenvalue weighted by Gasteiger charge is 2.11. The van der Waals surface area contributed by atoms with E-state index in [1.165, 1.54) is 10.1 Å². The molecule has 0 saturated heterocycles. The van der Waals surface area contributed by atoms with Gasteiger partial charge in [-0.2, -0.15) is 5.10 Å². The van der Waals surface area contributed by atoms with Crippen LogP contribution in [-0.4, -0.2) is 22.9 Å². The second-order valence-electron chi connectivity index (χ2n) is 4.49. The third kappa shape index (κ3) is 1.76. The minimum Gasteiger partial charge on any atom is -0.487 e. The molecule has 0 aliphatic carbocycles. The monoisotopic (exact) mass is 261 g/mol. The van der Waals surface area contributed by atoms with Gasteiger partial charge in [0.05, 0.1) is 25.4 Å². The van der Waals surface area contributed by atoms with Gasteiger partial charge in [0.1, 0.15) is 0 Å². The Hall–Kier alpha value is -1.59. The van der Waals surface area contributed by atoms with Crippen LogP contribution in [0.5, 0.6) is 5.06 Å². The molecule has 0 aliphatic rings. The van der Waals surface area contributed by atoms with E-state index < -0.39 is 0 Å². The first-order valence-corrected chi connectivity index (χ1v) is 6.68. The Morgan fingerprint density at radius 1 is 1.50 bits per heavy atom. The van der Waals surface area contributed by atoms with Gasteiger partial charge in [-0.05, 0) is 19.1 Å². The van der Waals surface area contributed by atoms with Crippen molar-refractivity contribution in [2.75, 3.05) is 7.11 Å². The average Bonchev–Trinajstić information content (AvgIpc) is 2.91. The third-order valence-corrected chi connectivity index (χ3v) is 4.00. The summed E-state index contributed by atoms with van der Waals surface area (Å²) in [4.78, 5) is 0. The first-order chi connectivity index (χ1) is 8.69. The van der Waals surface area contributed by atoms with Gasteiger partial charge in [0.2, 0.25) is 0 Å². The van der Waals surface area contributed by atoms with Crippen LogP contribution in [0.1, 0.15) is 6.92 Å². The van der Waals surface area contributed by atoms with Crippen LogP contribution in [0.2, 0.25) is 0 Å². The lowest BCUT2D eigenvalue weighted by Crippen LogP contribution is -2.22. The van der Waals surface area contributed by atoms with Crippen molar-refractivity contribution < 1.29 is 4.74 Å². The highest BCUT2D eigenvalue weighted by molar-refractivity contribution is 7.20. The maximum atomic E-state index is 5.87. The van der Waals surface area contributed by atoms with Crippen LogP contribution in [0.15, 0.2) is 24.4 Å². The third-order valence-electron chi connectivity index (χ3n) is 2.94. The number of rotatable bonds is 3. The topological polar surface area (TPSA) is 53.1 Å². The molecule has 0 amide bonds. The summed E-state index contributed by atoms with van der Waals surface area (Å²) in [7, 11) is 1.70. The summed E-state index contributed by atoms with van der Waals surface area (Å²) in [5.41, 5.74) is 7.01. The minimum atomic E-state index is 0.0869. The Balaban J connectivity index is 2.29. The Morgan fingerprint density at radius 3 is 3.06 bits per heavy atom. The van der Waals surface area contributed by atoms with E-state index >= 15 is 0 Å². The van der Waals surface area contributed by atoms with Gasteiger partial charge in [0.25, 0.3) is 0 Å². The average molecular weight is 261 g/mol. The van der Waals surface area contributed by atoms with Crippen molar-refractivity contribution in [3.05, 3.63) is 24.4 Å². The number of nitrogens with two attached hydrogens (primary N) is 1. The molecule has 0 spiro atoms. The Morgan fingerprint density at radius 2 is 2.33 bits per heavy atom. The van der Waals surface area contributed by atoms with Crippen LogP contribution in [-0.2, 0) is 6.54 Å². The Bertz CT molecular complexity index is 699. The number of hydrogen-bond donors (Lipinski definition) is 1. The molecule has 5 heteroatoms. The number of ether oxygens (including phenoxy) is 1. The van der Waals surface area contributed by atoms with Crippen molar-refractivity contribution in [1.82, 2.24) is 9.78 Å². The molecule has 1 aromatic carbocycles. The highest BCUT2D eigenvalue weighted by atomic mass is 32.1. The molecule has 18 heavy (non-hydrogen) atoms. The second kappa shape index (κ2) is 4.26. The van der Waals surface area contributed by atoms with Gasteiger partial charge >= 0.3 is 0 Å². The van der Waals surface area contributed by atoms with Crippen LogP contribution >= 0.6 is 11.3 Å². The molecule has 0 aliphatic heterocycles. The maximum absolute atomic E-state index is 5.87. The summed E-state index contributed by atoms with van der Waals surface area (Å²) in [6.45, 7) is 2.71. The summed E-state index contributed by atoms with van der Waals surface area (Å²) in [6, 6.07) is 6.37. The normalized spacial score (nSPS) is 13.3. The van der Waals surface area contributed by atoms with Gasteiger partial charge in [-0.1, -0.05) is 11.3 Å². The smallest absolute Gasteiger partial charge is 0.174 e. The van der Waals surface area contributed by atoms with Gasteiger partial charge in [-0.3, -0.25) is 4.68 Å². The number of fused-ring (bicyclic) bond motifs is 3. The van der Waals surface area contributed by atoms with E-state index in [0.717, 1.165) is 22.5 Å². The van der Waals surface area contributed by atoms with Crippen molar-refractivity contribution in [2.24, 2.45) is 5.73 Å². The molecule has 94 valence electrons. The van der Waals surface area contributed by atoms with E-state index in [9.17, 15) is 0 Å². The number of aromatic nitrogens is 2. The summed E-state index contributed by atoms with van der Waals surface area (Å²) in [5, 5.41) is 7.67. The van der Waals surface area contributed by atoms with Crippen molar-refractivity contribution in [3.8, 4) is 5.06 Å². The number of methoxy groups -OCH3 is 1. The van der Waals surface area contributed by atoms with Gasteiger partial charge in [0.15, 0.2) is 5.06 Å². The van der Waals surface area contributed by atoms with Crippen LogP contribution in [0, 0.1) is 0 Å². The van der Waals surface area contributed by atoms with Crippen LogP contribution in [0.3, 0.4) is 0 Å². The summed E-state index contributed by atoms with van der Waals surface area (Å²) >= 11 is 1.65. The number of hydrogen-bond acceptors (Lipinski definition) is 4. The van der Waals surface area contributed by atoms with E-state index in [1.54, 1.807) is 18.4 Å². The first-order valence-electron chi connectivity index (χ1n) is 5.86. The standard InChI is InChI=1S/C13H15N3OS/c1-8(14)7-16-13-9(6-15-16)3-4-11-10(13)5-12(17-2)18-11/h3-6,8H,7,14H2,1-2H3. The highest BCUT2D eigenvalue weighted by Crippen LogP contribution is 2.36. The van der Waals surface area contributed by atoms with E-state index in [0.29, 0.717) is 0 Å². The second-order valence-corrected chi connectivity index (χ2v) is 5.54. The summed E-state index contributed by atoms with van der Waals surface area (Å²) in [6.07, 6.45) is 1.89. The molecule has 3 rings (SSSR count). The molecule has 2 aromatic heterocycles. The fourth-order valence-corrected chi connectivity index (χ4v) is 3.06. The largest absolute Gasteiger partial charge is 0.487 e. The molecular formula is C13H15N3OS. The number of thiophene rings is 1. The molecule has 3 aromatic rings. The Labute approximate surface area is 109 Å². The zero-order valence-corrected chi connectivity index (χ0v) is 11.2. The Kier molecular flexibility index (Phi) is 2.72. The van der Waals surface area contributed by atoms with Gasteiger partial charge in [-0.15, -0.1) is 0 Å². The maximum Gasteiger partial charge on any atom is 0.174 e. The van der Waals surface area contributed by atoms with Crippen LogP contribution in [0.4, 0.5) is 0 Å². The number of benzene rings is 1. The van der Waals surface area contributed by atoms with E-state index in [-0.39, 0.29) is 6.04 Å². The van der Waals surface area contributed by atoms with Crippen molar-refractivity contribution in [1.29, 1.82) is 0 Å². The number of nitrogens with zero attached hydrogens (tertiary/aromatic N) is 2. The lowest BCUT2D eigenvalue weighted by atomic mass is 10.2. The van der Waals surface area contributed by atoms with Crippen molar-refractivity contribution >= 4 is 32.3 Å². The van der Waals surface area contributed by atoms with Crippen LogP contribution < -0.4 is 10.5 Å². The van der Waals surface area contributed by atoms with E-state index in [4.69, 9.17) is 10.5 Å².